The first-order valence-electron chi connectivity index (χ1n) is 11.6. The maximum Gasteiger partial charge on any atom is 0.264 e. The summed E-state index contributed by atoms with van der Waals surface area (Å²) in [6.45, 7) is 1.79. The minimum atomic E-state index is -4.13. The number of hydrogen-bond acceptors (Lipinski definition) is 5. The van der Waals surface area contributed by atoms with Gasteiger partial charge in [0.1, 0.15) is 18.0 Å². The van der Waals surface area contributed by atoms with Crippen LogP contribution in [-0.2, 0) is 14.8 Å². The normalized spacial score (nSPS) is 11.0. The van der Waals surface area contributed by atoms with Crippen LogP contribution >= 0.6 is 23.2 Å². The lowest BCUT2D eigenvalue weighted by Crippen LogP contribution is -2.38. The minimum Gasteiger partial charge on any atom is -0.494 e. The number of halogens is 2. The van der Waals surface area contributed by atoms with Gasteiger partial charge < -0.3 is 14.8 Å². The van der Waals surface area contributed by atoms with Gasteiger partial charge in [-0.3, -0.25) is 9.10 Å². The number of anilines is 2. The maximum atomic E-state index is 13.6. The Bertz CT molecular complexity index is 1500. The van der Waals surface area contributed by atoms with Crippen LogP contribution in [0.1, 0.15) is 6.92 Å². The number of amides is 1. The van der Waals surface area contributed by atoms with E-state index in [1.54, 1.807) is 48.5 Å². The lowest BCUT2D eigenvalue weighted by Gasteiger charge is -2.24. The minimum absolute atomic E-state index is 0.0144. The second kappa shape index (κ2) is 12.2. The van der Waals surface area contributed by atoms with Crippen LogP contribution in [0.3, 0.4) is 0 Å². The zero-order valence-corrected chi connectivity index (χ0v) is 22.6. The smallest absolute Gasteiger partial charge is 0.264 e. The Hall–Kier alpha value is -3.72. The van der Waals surface area contributed by atoms with Gasteiger partial charge in [0.05, 0.1) is 22.9 Å². The number of carbonyl (C=O) groups is 1. The second-order valence-corrected chi connectivity index (χ2v) is 10.7. The van der Waals surface area contributed by atoms with Crippen molar-refractivity contribution in [1.82, 2.24) is 0 Å². The molecule has 0 spiro atoms. The molecule has 0 heterocycles. The molecule has 4 aromatic rings. The number of rotatable bonds is 10. The summed E-state index contributed by atoms with van der Waals surface area (Å²) in [5.41, 5.74) is 0.576. The van der Waals surface area contributed by atoms with Gasteiger partial charge in [-0.1, -0.05) is 41.4 Å². The van der Waals surface area contributed by atoms with Crippen molar-refractivity contribution in [3.8, 4) is 17.2 Å². The van der Waals surface area contributed by atoms with Gasteiger partial charge in [-0.2, -0.15) is 0 Å². The van der Waals surface area contributed by atoms with Crippen molar-refractivity contribution in [2.75, 3.05) is 22.8 Å². The van der Waals surface area contributed by atoms with Gasteiger partial charge in [-0.15, -0.1) is 0 Å². The highest BCUT2D eigenvalue weighted by Crippen LogP contribution is 2.33. The molecule has 0 bridgehead atoms. The quantitative estimate of drug-likeness (QED) is 0.221. The van der Waals surface area contributed by atoms with Gasteiger partial charge >= 0.3 is 0 Å². The molecule has 0 aliphatic rings. The molecule has 196 valence electrons. The molecule has 38 heavy (non-hydrogen) atoms. The molecule has 0 unspecified atom stereocenters. The lowest BCUT2D eigenvalue weighted by atomic mass is 10.2. The maximum absolute atomic E-state index is 13.6. The van der Waals surface area contributed by atoms with Crippen LogP contribution in [0.15, 0.2) is 102 Å². The number of benzene rings is 4. The third-order valence-electron chi connectivity index (χ3n) is 5.31. The predicted molar refractivity (Wildman–Crippen MR) is 150 cm³/mol. The van der Waals surface area contributed by atoms with Gasteiger partial charge in [0, 0.05) is 10.0 Å². The number of nitrogens with zero attached hydrogens (tertiary/aromatic N) is 1. The number of sulfonamides is 1. The number of ether oxygens (including phenoxy) is 2. The number of carbonyl (C=O) groups excluding carboxylic acids is 1. The molecule has 7 nitrogen and oxygen atoms in total. The third kappa shape index (κ3) is 6.77. The Labute approximate surface area is 231 Å². The average Bonchev–Trinajstić information content (AvgIpc) is 2.90. The summed E-state index contributed by atoms with van der Waals surface area (Å²) in [7, 11) is -4.13. The van der Waals surface area contributed by atoms with E-state index in [0.717, 1.165) is 4.31 Å². The molecule has 0 fully saturated rings. The molecule has 1 N–H and O–H groups in total. The van der Waals surface area contributed by atoms with Gasteiger partial charge in [0.25, 0.3) is 10.0 Å². The molecule has 0 saturated heterocycles. The summed E-state index contributed by atoms with van der Waals surface area (Å²) < 4.78 is 39.7. The van der Waals surface area contributed by atoms with E-state index in [-0.39, 0.29) is 10.6 Å². The fraction of sp³-hybridized carbons (Fsp3) is 0.107. The fourth-order valence-corrected chi connectivity index (χ4v) is 5.27. The molecule has 4 rings (SSSR count). The SMILES string of the molecule is CCOc1ccc(N(CC(=O)Nc2cc(Cl)ccc2Oc2ccccc2)S(=O)(=O)c2ccc(Cl)cc2)cc1. The van der Waals surface area contributed by atoms with Crippen LogP contribution in [0.5, 0.6) is 17.2 Å². The third-order valence-corrected chi connectivity index (χ3v) is 7.59. The highest BCUT2D eigenvalue weighted by Gasteiger charge is 2.28. The van der Waals surface area contributed by atoms with E-state index in [1.807, 2.05) is 25.1 Å². The van der Waals surface area contributed by atoms with Crippen LogP contribution in [0.4, 0.5) is 11.4 Å². The van der Waals surface area contributed by atoms with E-state index in [4.69, 9.17) is 32.7 Å². The molecule has 0 aliphatic carbocycles. The molecule has 10 heteroatoms. The lowest BCUT2D eigenvalue weighted by molar-refractivity contribution is -0.114. The molecule has 4 aromatic carbocycles. The van der Waals surface area contributed by atoms with E-state index < -0.39 is 22.5 Å². The Morgan fingerprint density at radius 1 is 0.842 bits per heavy atom. The highest BCUT2D eigenvalue weighted by molar-refractivity contribution is 7.92. The van der Waals surface area contributed by atoms with Crippen molar-refractivity contribution in [2.45, 2.75) is 11.8 Å². The first-order chi connectivity index (χ1) is 18.3. The van der Waals surface area contributed by atoms with E-state index in [0.29, 0.717) is 39.6 Å². The summed E-state index contributed by atoms with van der Waals surface area (Å²) in [5, 5.41) is 3.50. The Balaban J connectivity index is 1.64. The first-order valence-corrected chi connectivity index (χ1v) is 13.8. The van der Waals surface area contributed by atoms with Crippen LogP contribution in [0.25, 0.3) is 0 Å². The first kappa shape index (κ1) is 27.3. The number of nitrogens with one attached hydrogen (secondary N) is 1. The zero-order valence-electron chi connectivity index (χ0n) is 20.3. The van der Waals surface area contributed by atoms with Gasteiger partial charge in [-0.05, 0) is 85.8 Å². The van der Waals surface area contributed by atoms with E-state index >= 15 is 0 Å². The molecule has 0 aliphatic heterocycles. The molecule has 0 atom stereocenters. The second-order valence-electron chi connectivity index (χ2n) is 8.00. The predicted octanol–water partition coefficient (Wildman–Crippen LogP) is 7.02. The van der Waals surface area contributed by atoms with Crippen molar-refractivity contribution < 1.29 is 22.7 Å². The Kier molecular flexibility index (Phi) is 8.78. The number of para-hydroxylation sites is 1. The van der Waals surface area contributed by atoms with Crippen molar-refractivity contribution in [3.05, 3.63) is 107 Å². The summed E-state index contributed by atoms with van der Waals surface area (Å²) >= 11 is 12.1. The summed E-state index contributed by atoms with van der Waals surface area (Å²) in [4.78, 5) is 13.2. The Morgan fingerprint density at radius 2 is 1.50 bits per heavy atom. The molecule has 0 radical (unpaired) electrons. The molecular formula is C28H24Cl2N2O5S. The zero-order chi connectivity index (χ0) is 27.1. The van der Waals surface area contributed by atoms with Crippen molar-refractivity contribution in [1.29, 1.82) is 0 Å². The molecule has 1 amide bonds. The van der Waals surface area contributed by atoms with Crippen LogP contribution in [-0.4, -0.2) is 27.5 Å². The summed E-state index contributed by atoms with van der Waals surface area (Å²) in [6.07, 6.45) is 0. The van der Waals surface area contributed by atoms with E-state index in [2.05, 4.69) is 5.32 Å². The topological polar surface area (TPSA) is 84.9 Å². The summed E-state index contributed by atoms with van der Waals surface area (Å²) in [5.74, 6) is 0.886. The highest BCUT2D eigenvalue weighted by atomic mass is 35.5. The van der Waals surface area contributed by atoms with Gasteiger partial charge in [0.15, 0.2) is 5.75 Å². The van der Waals surface area contributed by atoms with Crippen LogP contribution in [0.2, 0.25) is 10.0 Å². The monoisotopic (exact) mass is 570 g/mol. The molecule has 0 saturated carbocycles. The summed E-state index contributed by atoms with van der Waals surface area (Å²) in [6, 6.07) is 26.0. The van der Waals surface area contributed by atoms with E-state index in [1.165, 1.54) is 30.3 Å². The fourth-order valence-electron chi connectivity index (χ4n) is 3.55. The van der Waals surface area contributed by atoms with Crippen molar-refractivity contribution in [2.24, 2.45) is 0 Å². The van der Waals surface area contributed by atoms with Gasteiger partial charge in [-0.25, -0.2) is 8.42 Å². The van der Waals surface area contributed by atoms with Crippen LogP contribution in [0, 0.1) is 0 Å². The van der Waals surface area contributed by atoms with Crippen LogP contribution < -0.4 is 19.1 Å². The molecule has 0 aromatic heterocycles. The van der Waals surface area contributed by atoms with Gasteiger partial charge in [0.2, 0.25) is 5.91 Å². The van der Waals surface area contributed by atoms with Crippen molar-refractivity contribution in [3.63, 3.8) is 0 Å². The largest absolute Gasteiger partial charge is 0.494 e. The number of hydrogen-bond donors (Lipinski definition) is 1. The molecular weight excluding hydrogens is 547 g/mol. The van der Waals surface area contributed by atoms with E-state index in [9.17, 15) is 13.2 Å². The standard InChI is InChI=1S/C28H24Cl2N2O5S/c1-2-36-23-13-11-22(12-14-23)32(38(34,35)25-15-8-20(29)9-16-25)19-28(33)31-26-18-21(30)10-17-27(26)37-24-6-4-3-5-7-24/h3-18H,2,19H2,1H3,(H,31,33). The van der Waals surface area contributed by atoms with Crippen molar-refractivity contribution >= 4 is 50.5 Å². The Morgan fingerprint density at radius 3 is 2.16 bits per heavy atom. The average molecular weight is 571 g/mol.